The van der Waals surface area contributed by atoms with Gasteiger partial charge in [0.1, 0.15) is 5.76 Å². The van der Waals surface area contributed by atoms with E-state index >= 15 is 0 Å². The van der Waals surface area contributed by atoms with Gasteiger partial charge in [-0.2, -0.15) is 4.98 Å². The van der Waals surface area contributed by atoms with Crippen LogP contribution in [0.15, 0.2) is 4.42 Å². The minimum Gasteiger partial charge on any atom is -0.428 e. The Bertz CT molecular complexity index is 413. The molecular formula is C14H23N3O. The normalized spacial score (nSPS) is 27.7. The minimum atomic E-state index is 0.681. The molecule has 4 heteroatoms. The summed E-state index contributed by atoms with van der Waals surface area (Å²) < 4.78 is 5.78. The topological polar surface area (TPSA) is 41.3 Å². The molecular weight excluding hydrogens is 226 g/mol. The van der Waals surface area contributed by atoms with E-state index in [4.69, 9.17) is 4.42 Å². The van der Waals surface area contributed by atoms with E-state index in [0.717, 1.165) is 24.5 Å². The van der Waals surface area contributed by atoms with E-state index in [0.29, 0.717) is 12.1 Å². The van der Waals surface area contributed by atoms with Crippen LogP contribution in [0, 0.1) is 5.92 Å². The van der Waals surface area contributed by atoms with Crippen LogP contribution in [-0.2, 0) is 12.8 Å². The highest BCUT2D eigenvalue weighted by Gasteiger charge is 2.37. The van der Waals surface area contributed by atoms with Crippen LogP contribution in [0.1, 0.15) is 37.6 Å². The summed E-state index contributed by atoms with van der Waals surface area (Å²) in [6.07, 6.45) is 6.09. The molecule has 0 spiro atoms. The van der Waals surface area contributed by atoms with Gasteiger partial charge in [0.15, 0.2) is 0 Å². The monoisotopic (exact) mass is 249 g/mol. The zero-order valence-electron chi connectivity index (χ0n) is 11.4. The predicted octanol–water partition coefficient (Wildman–Crippen LogP) is 2.31. The van der Waals surface area contributed by atoms with E-state index in [2.05, 4.69) is 22.1 Å². The van der Waals surface area contributed by atoms with Crippen LogP contribution in [0.2, 0.25) is 0 Å². The molecule has 0 aromatic carbocycles. The Morgan fingerprint density at radius 1 is 1.44 bits per heavy atom. The second kappa shape index (κ2) is 4.92. The molecule has 1 aromatic rings. The average molecular weight is 249 g/mol. The summed E-state index contributed by atoms with van der Waals surface area (Å²) in [4.78, 5) is 7.20. The SMILES string of the molecule is CCCN1CCC[C@@H]2Cc3nc(NC)oc3C[C@H]21. The molecule has 1 fully saturated rings. The van der Waals surface area contributed by atoms with Gasteiger partial charge in [0.2, 0.25) is 0 Å². The fourth-order valence-electron chi connectivity index (χ4n) is 3.56. The zero-order chi connectivity index (χ0) is 12.5. The van der Waals surface area contributed by atoms with Gasteiger partial charge in [0.05, 0.1) is 5.69 Å². The number of oxazole rings is 1. The molecule has 2 heterocycles. The summed E-state index contributed by atoms with van der Waals surface area (Å²) in [5.41, 5.74) is 1.19. The van der Waals surface area contributed by atoms with Gasteiger partial charge in [0, 0.05) is 19.5 Å². The Kier molecular flexibility index (Phi) is 3.29. The number of nitrogens with zero attached hydrogens (tertiary/aromatic N) is 2. The molecule has 2 atom stereocenters. The Labute approximate surface area is 109 Å². The number of hydrogen-bond acceptors (Lipinski definition) is 4. The third kappa shape index (κ3) is 2.03. The van der Waals surface area contributed by atoms with Crippen molar-refractivity contribution < 1.29 is 4.42 Å². The molecule has 1 saturated heterocycles. The summed E-state index contributed by atoms with van der Waals surface area (Å²) in [6.45, 7) is 4.76. The molecule has 2 aliphatic rings. The standard InChI is InChI=1S/C14H23N3O/c1-3-6-17-7-4-5-10-8-11-13(9-12(10)17)18-14(15-2)16-11/h10,12H,3-9H2,1-2H3,(H,15,16)/t10-,12-/m1/s1. The van der Waals surface area contributed by atoms with Gasteiger partial charge in [-0.05, 0) is 44.7 Å². The Balaban J connectivity index is 1.82. The van der Waals surface area contributed by atoms with Crippen molar-refractivity contribution in [2.75, 3.05) is 25.5 Å². The maximum Gasteiger partial charge on any atom is 0.294 e. The molecule has 4 nitrogen and oxygen atoms in total. The van der Waals surface area contributed by atoms with Gasteiger partial charge in [-0.3, -0.25) is 4.90 Å². The second-order valence-corrected chi connectivity index (χ2v) is 5.55. The summed E-state index contributed by atoms with van der Waals surface area (Å²) in [6, 6.07) is 1.37. The Morgan fingerprint density at radius 2 is 2.33 bits per heavy atom. The van der Waals surface area contributed by atoms with Crippen LogP contribution in [0.25, 0.3) is 0 Å². The smallest absolute Gasteiger partial charge is 0.294 e. The van der Waals surface area contributed by atoms with Gasteiger partial charge in [0.25, 0.3) is 6.01 Å². The highest BCUT2D eigenvalue weighted by Crippen LogP contribution is 2.35. The van der Waals surface area contributed by atoms with Gasteiger partial charge < -0.3 is 9.73 Å². The van der Waals surface area contributed by atoms with Gasteiger partial charge >= 0.3 is 0 Å². The number of fused-ring (bicyclic) bond motifs is 2. The van der Waals surface area contributed by atoms with Crippen molar-refractivity contribution in [2.45, 2.75) is 45.1 Å². The lowest BCUT2D eigenvalue weighted by molar-refractivity contribution is 0.0800. The van der Waals surface area contributed by atoms with Crippen LogP contribution >= 0.6 is 0 Å². The molecule has 1 aromatic heterocycles. The van der Waals surface area contributed by atoms with Crippen molar-refractivity contribution in [1.82, 2.24) is 9.88 Å². The largest absolute Gasteiger partial charge is 0.428 e. The highest BCUT2D eigenvalue weighted by molar-refractivity contribution is 5.28. The zero-order valence-corrected chi connectivity index (χ0v) is 11.4. The number of hydrogen-bond donors (Lipinski definition) is 1. The molecule has 1 N–H and O–H groups in total. The van der Waals surface area contributed by atoms with E-state index in [1.807, 2.05) is 7.05 Å². The van der Waals surface area contributed by atoms with E-state index in [9.17, 15) is 0 Å². The van der Waals surface area contributed by atoms with E-state index in [-0.39, 0.29) is 0 Å². The van der Waals surface area contributed by atoms with Gasteiger partial charge in [-0.15, -0.1) is 0 Å². The van der Waals surface area contributed by atoms with Crippen molar-refractivity contribution in [1.29, 1.82) is 0 Å². The number of nitrogens with one attached hydrogen (secondary N) is 1. The third-order valence-electron chi connectivity index (χ3n) is 4.39. The first kappa shape index (κ1) is 12.0. The van der Waals surface area contributed by atoms with Crippen LogP contribution < -0.4 is 5.32 Å². The highest BCUT2D eigenvalue weighted by atomic mass is 16.4. The van der Waals surface area contributed by atoms with Crippen LogP contribution in [0.3, 0.4) is 0 Å². The Hall–Kier alpha value is -1.03. The number of aromatic nitrogens is 1. The van der Waals surface area contributed by atoms with E-state index in [1.54, 1.807) is 0 Å². The number of likely N-dealkylation sites (tertiary alicyclic amines) is 1. The van der Waals surface area contributed by atoms with Crippen molar-refractivity contribution in [3.63, 3.8) is 0 Å². The lowest BCUT2D eigenvalue weighted by atomic mass is 9.79. The molecule has 0 amide bonds. The first-order chi connectivity index (χ1) is 8.81. The van der Waals surface area contributed by atoms with E-state index < -0.39 is 0 Å². The summed E-state index contributed by atoms with van der Waals surface area (Å²) in [5, 5.41) is 3.01. The van der Waals surface area contributed by atoms with Gasteiger partial charge in [-0.25, -0.2) is 0 Å². The number of anilines is 1. The molecule has 100 valence electrons. The van der Waals surface area contributed by atoms with Crippen LogP contribution in [0.4, 0.5) is 6.01 Å². The average Bonchev–Trinajstić information content (AvgIpc) is 2.79. The third-order valence-corrected chi connectivity index (χ3v) is 4.39. The summed E-state index contributed by atoms with van der Waals surface area (Å²) in [7, 11) is 1.87. The van der Waals surface area contributed by atoms with Crippen molar-refractivity contribution in [3.05, 3.63) is 11.5 Å². The molecule has 0 unspecified atom stereocenters. The lowest BCUT2D eigenvalue weighted by Gasteiger charge is -2.43. The van der Waals surface area contributed by atoms with Crippen LogP contribution in [-0.4, -0.2) is 36.1 Å². The van der Waals surface area contributed by atoms with Crippen molar-refractivity contribution in [3.8, 4) is 0 Å². The molecule has 1 aliphatic carbocycles. The first-order valence-corrected chi connectivity index (χ1v) is 7.22. The van der Waals surface area contributed by atoms with Crippen molar-refractivity contribution >= 4 is 6.01 Å². The fourth-order valence-corrected chi connectivity index (χ4v) is 3.56. The quantitative estimate of drug-likeness (QED) is 0.892. The van der Waals surface area contributed by atoms with Crippen LogP contribution in [0.5, 0.6) is 0 Å². The fraction of sp³-hybridized carbons (Fsp3) is 0.786. The molecule has 0 bridgehead atoms. The molecule has 1 aliphatic heterocycles. The maximum atomic E-state index is 5.78. The summed E-state index contributed by atoms with van der Waals surface area (Å²) >= 11 is 0. The molecule has 0 radical (unpaired) electrons. The number of rotatable bonds is 3. The van der Waals surface area contributed by atoms with Gasteiger partial charge in [-0.1, -0.05) is 6.92 Å². The first-order valence-electron chi connectivity index (χ1n) is 7.22. The predicted molar refractivity (Wildman–Crippen MR) is 71.8 cm³/mol. The molecule has 3 rings (SSSR count). The minimum absolute atomic E-state index is 0.681. The molecule has 0 saturated carbocycles. The molecule has 18 heavy (non-hydrogen) atoms. The maximum absolute atomic E-state index is 5.78. The van der Waals surface area contributed by atoms with Crippen molar-refractivity contribution in [2.24, 2.45) is 5.92 Å². The number of piperidine rings is 1. The Morgan fingerprint density at radius 3 is 3.11 bits per heavy atom. The second-order valence-electron chi connectivity index (χ2n) is 5.55. The summed E-state index contributed by atoms with van der Waals surface area (Å²) in [5.74, 6) is 1.90. The lowest BCUT2D eigenvalue weighted by Crippen LogP contribution is -2.49. The van der Waals surface area contributed by atoms with E-state index in [1.165, 1.54) is 38.0 Å².